The fraction of sp³-hybridized carbons (Fsp3) is 0.385. The number of rotatable bonds is 4. The Bertz CT molecular complexity index is 625. The van der Waals surface area contributed by atoms with Gasteiger partial charge in [-0.25, -0.2) is 0 Å². The van der Waals surface area contributed by atoms with Crippen LogP contribution in [0.1, 0.15) is 23.2 Å². The maximum Gasteiger partial charge on any atom is 0.253 e. The van der Waals surface area contributed by atoms with Crippen molar-refractivity contribution in [1.82, 2.24) is 25.5 Å². The number of halogens is 1. The lowest BCUT2D eigenvalue weighted by Gasteiger charge is -2.13. The van der Waals surface area contributed by atoms with E-state index in [9.17, 15) is 4.79 Å². The summed E-state index contributed by atoms with van der Waals surface area (Å²) in [6, 6.07) is 5.39. The molecule has 0 bridgehead atoms. The molecule has 110 valence electrons. The topological polar surface area (TPSA) is 81.9 Å². The Hall–Kier alpha value is -1.80. The molecule has 1 amide bonds. The molecule has 1 aromatic carbocycles. The highest BCUT2D eigenvalue weighted by Gasteiger charge is 2.19. The molecule has 1 saturated heterocycles. The average molecular weight is 352 g/mol. The number of carbonyl (C=O) groups is 1. The predicted octanol–water partition coefficient (Wildman–Crippen LogP) is 1.33. The average Bonchev–Trinajstić information content (AvgIpc) is 3.18. The van der Waals surface area contributed by atoms with Gasteiger partial charge in [-0.3, -0.25) is 4.79 Å². The van der Waals surface area contributed by atoms with Crippen molar-refractivity contribution in [1.29, 1.82) is 0 Å². The standard InChI is InChI=1S/C13H14BrN5O2/c14-9-3-4-12(19-8-16-17-18-19)11(6-9)13(20)15-7-10-2-1-5-21-10/h3-4,6,8,10H,1-2,5,7H2,(H,15,20)/t10-/m1/s1. The molecule has 1 aliphatic rings. The van der Waals surface area contributed by atoms with Crippen molar-refractivity contribution in [2.24, 2.45) is 0 Å². The first-order valence-electron chi connectivity index (χ1n) is 6.67. The lowest BCUT2D eigenvalue weighted by molar-refractivity contribution is 0.0857. The molecule has 0 aliphatic carbocycles. The second-order valence-electron chi connectivity index (χ2n) is 4.76. The first kappa shape index (κ1) is 14.2. The number of amides is 1. The number of hydrogen-bond acceptors (Lipinski definition) is 5. The van der Waals surface area contributed by atoms with Crippen LogP contribution in [0.2, 0.25) is 0 Å². The SMILES string of the molecule is O=C(NC[C@H]1CCCO1)c1cc(Br)ccc1-n1cnnn1. The van der Waals surface area contributed by atoms with Crippen molar-refractivity contribution in [2.45, 2.75) is 18.9 Å². The van der Waals surface area contributed by atoms with Gasteiger partial charge in [0.25, 0.3) is 5.91 Å². The molecule has 0 saturated carbocycles. The number of nitrogens with zero attached hydrogens (tertiary/aromatic N) is 4. The van der Waals surface area contributed by atoms with Crippen molar-refractivity contribution >= 4 is 21.8 Å². The van der Waals surface area contributed by atoms with Crippen LogP contribution in [-0.4, -0.2) is 45.4 Å². The summed E-state index contributed by atoms with van der Waals surface area (Å²) < 4.78 is 7.79. The minimum Gasteiger partial charge on any atom is -0.376 e. The number of tetrazole rings is 1. The van der Waals surface area contributed by atoms with Crippen LogP contribution in [0.25, 0.3) is 5.69 Å². The van der Waals surface area contributed by atoms with Gasteiger partial charge in [-0.2, -0.15) is 4.68 Å². The van der Waals surface area contributed by atoms with Gasteiger partial charge in [0, 0.05) is 17.6 Å². The summed E-state index contributed by atoms with van der Waals surface area (Å²) in [7, 11) is 0. The van der Waals surface area contributed by atoms with Crippen molar-refractivity contribution in [2.75, 3.05) is 13.2 Å². The maximum absolute atomic E-state index is 12.4. The number of benzene rings is 1. The highest BCUT2D eigenvalue weighted by molar-refractivity contribution is 9.10. The molecular formula is C13H14BrN5O2. The van der Waals surface area contributed by atoms with E-state index in [4.69, 9.17) is 4.74 Å². The normalized spacial score (nSPS) is 17.9. The quantitative estimate of drug-likeness (QED) is 0.898. The van der Waals surface area contributed by atoms with Crippen LogP contribution in [0.4, 0.5) is 0 Å². The molecule has 1 aromatic heterocycles. The van der Waals surface area contributed by atoms with Crippen molar-refractivity contribution in [3.8, 4) is 5.69 Å². The van der Waals surface area contributed by atoms with Gasteiger partial charge in [0.1, 0.15) is 6.33 Å². The molecule has 1 N–H and O–H groups in total. The molecule has 0 spiro atoms. The first-order valence-corrected chi connectivity index (χ1v) is 7.46. The summed E-state index contributed by atoms with van der Waals surface area (Å²) in [5.74, 6) is -0.169. The van der Waals surface area contributed by atoms with Crippen LogP contribution >= 0.6 is 15.9 Å². The molecule has 1 atom stereocenters. The van der Waals surface area contributed by atoms with Gasteiger partial charge in [-0.15, -0.1) is 5.10 Å². The zero-order chi connectivity index (χ0) is 14.7. The van der Waals surface area contributed by atoms with E-state index >= 15 is 0 Å². The Morgan fingerprint density at radius 1 is 1.52 bits per heavy atom. The van der Waals surface area contributed by atoms with Crippen LogP contribution in [0.3, 0.4) is 0 Å². The molecule has 21 heavy (non-hydrogen) atoms. The van der Waals surface area contributed by atoms with Crippen molar-refractivity contribution in [3.05, 3.63) is 34.6 Å². The van der Waals surface area contributed by atoms with E-state index < -0.39 is 0 Å². The minimum atomic E-state index is -0.169. The van der Waals surface area contributed by atoms with Gasteiger partial charge < -0.3 is 10.1 Å². The first-order chi connectivity index (χ1) is 10.2. The van der Waals surface area contributed by atoms with E-state index in [2.05, 4.69) is 36.8 Å². The highest BCUT2D eigenvalue weighted by atomic mass is 79.9. The Labute approximate surface area is 129 Å². The van der Waals surface area contributed by atoms with E-state index in [-0.39, 0.29) is 12.0 Å². The molecule has 1 fully saturated rings. The van der Waals surface area contributed by atoms with Crippen LogP contribution in [0, 0.1) is 0 Å². The smallest absolute Gasteiger partial charge is 0.253 e. The third kappa shape index (κ3) is 3.27. The van der Waals surface area contributed by atoms with E-state index in [1.807, 2.05) is 6.07 Å². The second kappa shape index (κ2) is 6.31. The predicted molar refractivity (Wildman–Crippen MR) is 78.2 cm³/mol. The molecule has 8 heteroatoms. The lowest BCUT2D eigenvalue weighted by atomic mass is 10.1. The maximum atomic E-state index is 12.4. The van der Waals surface area contributed by atoms with Gasteiger partial charge >= 0.3 is 0 Å². The monoisotopic (exact) mass is 351 g/mol. The van der Waals surface area contributed by atoms with Crippen LogP contribution in [0.5, 0.6) is 0 Å². The van der Waals surface area contributed by atoms with E-state index in [0.29, 0.717) is 17.8 Å². The number of aromatic nitrogens is 4. The van der Waals surface area contributed by atoms with Crippen LogP contribution < -0.4 is 5.32 Å². The summed E-state index contributed by atoms with van der Waals surface area (Å²) in [6.45, 7) is 1.29. The third-order valence-corrected chi connectivity index (χ3v) is 3.81. The molecule has 0 unspecified atom stereocenters. The summed E-state index contributed by atoms with van der Waals surface area (Å²) >= 11 is 3.38. The Kier molecular flexibility index (Phi) is 4.26. The minimum absolute atomic E-state index is 0.109. The van der Waals surface area contributed by atoms with Crippen LogP contribution in [0.15, 0.2) is 29.0 Å². The summed E-state index contributed by atoms with van der Waals surface area (Å²) in [5.41, 5.74) is 1.14. The summed E-state index contributed by atoms with van der Waals surface area (Å²) in [4.78, 5) is 12.4. The Balaban J connectivity index is 1.79. The molecule has 2 heterocycles. The Morgan fingerprint density at radius 3 is 3.14 bits per heavy atom. The van der Waals surface area contributed by atoms with E-state index in [1.165, 1.54) is 11.0 Å². The second-order valence-corrected chi connectivity index (χ2v) is 5.68. The molecule has 2 aromatic rings. The van der Waals surface area contributed by atoms with E-state index in [1.54, 1.807) is 12.1 Å². The molecule has 7 nitrogen and oxygen atoms in total. The van der Waals surface area contributed by atoms with Gasteiger partial charge in [0.15, 0.2) is 0 Å². The number of hydrogen-bond donors (Lipinski definition) is 1. The van der Waals surface area contributed by atoms with Crippen molar-refractivity contribution < 1.29 is 9.53 Å². The number of carbonyl (C=O) groups excluding carboxylic acids is 1. The van der Waals surface area contributed by atoms with Crippen molar-refractivity contribution in [3.63, 3.8) is 0 Å². The summed E-state index contributed by atoms with van der Waals surface area (Å²) in [6.07, 6.45) is 3.60. The molecule has 1 aliphatic heterocycles. The molecular weight excluding hydrogens is 338 g/mol. The third-order valence-electron chi connectivity index (χ3n) is 3.31. The fourth-order valence-electron chi connectivity index (χ4n) is 2.27. The number of ether oxygens (including phenoxy) is 1. The molecule has 0 radical (unpaired) electrons. The van der Waals surface area contributed by atoms with E-state index in [0.717, 1.165) is 23.9 Å². The van der Waals surface area contributed by atoms with Gasteiger partial charge in [-0.1, -0.05) is 15.9 Å². The largest absolute Gasteiger partial charge is 0.376 e. The van der Waals surface area contributed by atoms with Gasteiger partial charge in [0.05, 0.1) is 17.4 Å². The summed E-state index contributed by atoms with van der Waals surface area (Å²) in [5, 5.41) is 13.9. The van der Waals surface area contributed by atoms with Gasteiger partial charge in [-0.05, 0) is 41.5 Å². The fourth-order valence-corrected chi connectivity index (χ4v) is 2.63. The lowest BCUT2D eigenvalue weighted by Crippen LogP contribution is -2.32. The zero-order valence-corrected chi connectivity index (χ0v) is 12.8. The zero-order valence-electron chi connectivity index (χ0n) is 11.2. The Morgan fingerprint density at radius 2 is 2.43 bits per heavy atom. The number of nitrogens with one attached hydrogen (secondary N) is 1. The van der Waals surface area contributed by atoms with Gasteiger partial charge in [0.2, 0.25) is 0 Å². The molecule has 3 rings (SSSR count). The van der Waals surface area contributed by atoms with Crippen LogP contribution in [-0.2, 0) is 4.74 Å². The highest BCUT2D eigenvalue weighted by Crippen LogP contribution is 2.19.